The molecule has 5 heteroatoms. The summed E-state index contributed by atoms with van der Waals surface area (Å²) in [6.45, 7) is 9.01. The molecule has 0 aromatic rings. The maximum atomic E-state index is 11.9. The maximum absolute atomic E-state index is 11.9. The van der Waals surface area contributed by atoms with Crippen molar-refractivity contribution >= 4 is 18.3 Å². The van der Waals surface area contributed by atoms with Crippen molar-refractivity contribution in [2.75, 3.05) is 19.7 Å². The Morgan fingerprint density at radius 1 is 1.23 bits per heavy atom. The molecule has 22 heavy (non-hydrogen) atoms. The standard InChI is InChI=1S/C17H34N2O2.ClH/c1-17(2,3)16-14(9-8-12-21-16)13-19-15(20)10-6-4-5-7-11-18;/h14,16H,4-13,18H2,1-3H3,(H,19,20);1H. The zero-order valence-electron chi connectivity index (χ0n) is 14.5. The molecule has 2 unspecified atom stereocenters. The molecule has 0 radical (unpaired) electrons. The molecule has 132 valence electrons. The summed E-state index contributed by atoms with van der Waals surface area (Å²) >= 11 is 0. The number of nitrogens with two attached hydrogens (primary N) is 1. The number of rotatable bonds is 8. The fourth-order valence-electron chi connectivity index (χ4n) is 3.13. The van der Waals surface area contributed by atoms with Gasteiger partial charge in [-0.25, -0.2) is 0 Å². The van der Waals surface area contributed by atoms with Crippen LogP contribution in [-0.2, 0) is 9.53 Å². The lowest BCUT2D eigenvalue weighted by Crippen LogP contribution is -2.45. The van der Waals surface area contributed by atoms with Crippen LogP contribution in [0.3, 0.4) is 0 Å². The van der Waals surface area contributed by atoms with Gasteiger partial charge in [0.15, 0.2) is 0 Å². The Labute approximate surface area is 142 Å². The summed E-state index contributed by atoms with van der Waals surface area (Å²) in [6.07, 6.45) is 7.40. The van der Waals surface area contributed by atoms with Gasteiger partial charge in [0.05, 0.1) is 6.10 Å². The minimum Gasteiger partial charge on any atom is -0.377 e. The molecule has 0 bridgehead atoms. The molecule has 0 aromatic heterocycles. The molecule has 1 fully saturated rings. The van der Waals surface area contributed by atoms with Crippen LogP contribution in [0.1, 0.15) is 65.7 Å². The molecule has 0 aliphatic carbocycles. The first-order valence-electron chi connectivity index (χ1n) is 8.53. The van der Waals surface area contributed by atoms with E-state index in [-0.39, 0.29) is 29.8 Å². The van der Waals surface area contributed by atoms with E-state index in [1.54, 1.807) is 0 Å². The van der Waals surface area contributed by atoms with Gasteiger partial charge in [0.2, 0.25) is 5.91 Å². The van der Waals surface area contributed by atoms with Crippen molar-refractivity contribution in [2.45, 2.75) is 71.8 Å². The van der Waals surface area contributed by atoms with Gasteiger partial charge in [0, 0.05) is 25.5 Å². The number of hydrogen-bond donors (Lipinski definition) is 2. The van der Waals surface area contributed by atoms with Crippen LogP contribution in [0.25, 0.3) is 0 Å². The SMILES string of the molecule is CC(C)(C)C1OCCCC1CNC(=O)CCCCCCN.Cl. The molecule has 0 spiro atoms. The number of amides is 1. The van der Waals surface area contributed by atoms with E-state index < -0.39 is 0 Å². The smallest absolute Gasteiger partial charge is 0.220 e. The average molecular weight is 335 g/mol. The van der Waals surface area contributed by atoms with Gasteiger partial charge >= 0.3 is 0 Å². The van der Waals surface area contributed by atoms with Crippen LogP contribution in [-0.4, -0.2) is 31.7 Å². The van der Waals surface area contributed by atoms with Crippen molar-refractivity contribution in [1.29, 1.82) is 0 Å². The summed E-state index contributed by atoms with van der Waals surface area (Å²) < 4.78 is 5.95. The van der Waals surface area contributed by atoms with Crippen LogP contribution in [0.5, 0.6) is 0 Å². The van der Waals surface area contributed by atoms with Crippen LogP contribution >= 0.6 is 12.4 Å². The largest absolute Gasteiger partial charge is 0.377 e. The maximum Gasteiger partial charge on any atom is 0.220 e. The van der Waals surface area contributed by atoms with Crippen LogP contribution in [0, 0.1) is 11.3 Å². The molecule has 0 aromatic carbocycles. The third-order valence-electron chi connectivity index (χ3n) is 4.22. The number of carbonyl (C=O) groups excluding carboxylic acids is 1. The van der Waals surface area contributed by atoms with E-state index >= 15 is 0 Å². The number of nitrogens with one attached hydrogen (secondary N) is 1. The van der Waals surface area contributed by atoms with E-state index in [2.05, 4.69) is 26.1 Å². The predicted molar refractivity (Wildman–Crippen MR) is 94.3 cm³/mol. The Morgan fingerprint density at radius 2 is 1.91 bits per heavy atom. The third kappa shape index (κ3) is 8.35. The Balaban J connectivity index is 0.00000441. The van der Waals surface area contributed by atoms with E-state index in [1.165, 1.54) is 0 Å². The summed E-state index contributed by atoms with van der Waals surface area (Å²) in [7, 11) is 0. The number of halogens is 1. The van der Waals surface area contributed by atoms with E-state index in [0.717, 1.165) is 58.2 Å². The van der Waals surface area contributed by atoms with Gasteiger partial charge in [0.1, 0.15) is 0 Å². The van der Waals surface area contributed by atoms with Gasteiger partial charge in [0.25, 0.3) is 0 Å². The first-order chi connectivity index (χ1) is 9.95. The van der Waals surface area contributed by atoms with E-state index in [4.69, 9.17) is 10.5 Å². The lowest BCUT2D eigenvalue weighted by molar-refractivity contribution is -0.123. The highest BCUT2D eigenvalue weighted by Crippen LogP contribution is 2.33. The van der Waals surface area contributed by atoms with E-state index in [0.29, 0.717) is 12.3 Å². The lowest BCUT2D eigenvalue weighted by atomic mass is 9.78. The fraction of sp³-hybridized carbons (Fsp3) is 0.941. The highest BCUT2D eigenvalue weighted by atomic mass is 35.5. The predicted octanol–water partition coefficient (Wildman–Crippen LogP) is 3.27. The van der Waals surface area contributed by atoms with Gasteiger partial charge in [-0.05, 0) is 37.6 Å². The first-order valence-corrected chi connectivity index (χ1v) is 8.53. The topological polar surface area (TPSA) is 64.3 Å². The highest BCUT2D eigenvalue weighted by molar-refractivity contribution is 5.85. The van der Waals surface area contributed by atoms with Gasteiger partial charge in [-0.3, -0.25) is 4.79 Å². The first kappa shape index (κ1) is 21.7. The minimum atomic E-state index is 0. The quantitative estimate of drug-likeness (QED) is 0.669. The summed E-state index contributed by atoms with van der Waals surface area (Å²) in [6, 6.07) is 0. The second-order valence-electron chi connectivity index (χ2n) is 7.32. The van der Waals surface area contributed by atoms with Gasteiger partial charge < -0.3 is 15.8 Å². The second kappa shape index (κ2) is 11.3. The van der Waals surface area contributed by atoms with Gasteiger partial charge in [-0.15, -0.1) is 12.4 Å². The summed E-state index contributed by atoms with van der Waals surface area (Å²) in [4.78, 5) is 11.9. The minimum absolute atomic E-state index is 0. The number of carbonyl (C=O) groups is 1. The molecule has 2 atom stereocenters. The lowest BCUT2D eigenvalue weighted by Gasteiger charge is -2.40. The zero-order chi connectivity index (χ0) is 15.7. The molecule has 1 aliphatic rings. The molecular formula is C17H35ClN2O2. The van der Waals surface area contributed by atoms with Crippen molar-refractivity contribution in [3.05, 3.63) is 0 Å². The number of unbranched alkanes of at least 4 members (excludes halogenated alkanes) is 3. The second-order valence-corrected chi connectivity index (χ2v) is 7.32. The molecule has 1 rings (SSSR count). The van der Waals surface area contributed by atoms with Crippen molar-refractivity contribution in [2.24, 2.45) is 17.1 Å². The van der Waals surface area contributed by atoms with E-state index in [1.807, 2.05) is 0 Å². The highest BCUT2D eigenvalue weighted by Gasteiger charge is 2.35. The molecule has 1 aliphatic heterocycles. The molecule has 1 saturated heterocycles. The summed E-state index contributed by atoms with van der Waals surface area (Å²) in [5, 5.41) is 3.10. The molecular weight excluding hydrogens is 300 g/mol. The summed E-state index contributed by atoms with van der Waals surface area (Å²) in [5.41, 5.74) is 5.59. The zero-order valence-corrected chi connectivity index (χ0v) is 15.3. The Morgan fingerprint density at radius 3 is 2.55 bits per heavy atom. The molecule has 4 nitrogen and oxygen atoms in total. The van der Waals surface area contributed by atoms with Crippen molar-refractivity contribution in [3.63, 3.8) is 0 Å². The average Bonchev–Trinajstić information content (AvgIpc) is 2.44. The third-order valence-corrected chi connectivity index (χ3v) is 4.22. The molecule has 0 saturated carbocycles. The normalized spacial score (nSPS) is 22.0. The number of hydrogen-bond acceptors (Lipinski definition) is 3. The number of ether oxygens (including phenoxy) is 1. The van der Waals surface area contributed by atoms with Gasteiger partial charge in [-0.1, -0.05) is 33.6 Å². The van der Waals surface area contributed by atoms with Crippen LogP contribution in [0.4, 0.5) is 0 Å². The molecule has 3 N–H and O–H groups in total. The monoisotopic (exact) mass is 334 g/mol. The van der Waals surface area contributed by atoms with Crippen LogP contribution in [0.15, 0.2) is 0 Å². The Hall–Kier alpha value is -0.320. The van der Waals surface area contributed by atoms with Crippen molar-refractivity contribution < 1.29 is 9.53 Å². The van der Waals surface area contributed by atoms with Crippen LogP contribution < -0.4 is 11.1 Å². The fourth-order valence-corrected chi connectivity index (χ4v) is 3.13. The van der Waals surface area contributed by atoms with Gasteiger partial charge in [-0.2, -0.15) is 0 Å². The van der Waals surface area contributed by atoms with Crippen molar-refractivity contribution in [1.82, 2.24) is 5.32 Å². The Bertz CT molecular complexity index is 306. The van der Waals surface area contributed by atoms with Crippen molar-refractivity contribution in [3.8, 4) is 0 Å². The summed E-state index contributed by atoms with van der Waals surface area (Å²) in [5.74, 6) is 0.626. The van der Waals surface area contributed by atoms with Crippen LogP contribution in [0.2, 0.25) is 0 Å². The van der Waals surface area contributed by atoms with E-state index in [9.17, 15) is 4.79 Å². The molecule has 1 amide bonds. The Kier molecular flexibility index (Phi) is 11.1. The molecule has 1 heterocycles.